The number of carbonyl (C=O) groups is 3. The highest BCUT2D eigenvalue weighted by atomic mass is 16.2. The topological polar surface area (TPSA) is 90.2 Å². The summed E-state index contributed by atoms with van der Waals surface area (Å²) < 4.78 is 0. The average molecular weight is 339 g/mol. The molecule has 2 saturated heterocycles. The van der Waals surface area contributed by atoms with Gasteiger partial charge in [-0.25, -0.2) is 0 Å². The number of rotatable bonds is 4. The first-order chi connectivity index (χ1) is 11.4. The Labute approximate surface area is 143 Å². The molecule has 2 rings (SSSR count). The molecular formula is C16H29N5O3. The summed E-state index contributed by atoms with van der Waals surface area (Å²) in [6.45, 7) is 10.2. The van der Waals surface area contributed by atoms with Gasteiger partial charge in [-0.3, -0.25) is 19.3 Å². The number of nitrogens with two attached hydrogens (primary N) is 1. The van der Waals surface area contributed by atoms with Crippen LogP contribution in [0.15, 0.2) is 0 Å². The van der Waals surface area contributed by atoms with E-state index in [1.54, 1.807) is 9.80 Å². The fourth-order valence-electron chi connectivity index (χ4n) is 3.26. The third-order valence-electron chi connectivity index (χ3n) is 4.99. The van der Waals surface area contributed by atoms with Crippen LogP contribution in [0.4, 0.5) is 0 Å². The fourth-order valence-corrected chi connectivity index (χ4v) is 3.26. The van der Waals surface area contributed by atoms with Gasteiger partial charge < -0.3 is 20.4 Å². The summed E-state index contributed by atoms with van der Waals surface area (Å²) in [6.07, 6.45) is 0. The van der Waals surface area contributed by atoms with Crippen LogP contribution in [0.3, 0.4) is 0 Å². The largest absolute Gasteiger partial charge is 0.369 e. The van der Waals surface area contributed by atoms with E-state index >= 15 is 0 Å². The van der Waals surface area contributed by atoms with Crippen LogP contribution in [0, 0.1) is 5.92 Å². The third-order valence-corrected chi connectivity index (χ3v) is 4.99. The van der Waals surface area contributed by atoms with Crippen LogP contribution in [0.25, 0.3) is 0 Å². The lowest BCUT2D eigenvalue weighted by Crippen LogP contribution is -2.50. The molecule has 3 amide bonds. The van der Waals surface area contributed by atoms with Gasteiger partial charge in [0.25, 0.3) is 0 Å². The highest BCUT2D eigenvalue weighted by Crippen LogP contribution is 2.11. The normalized spacial score (nSPS) is 23.8. The minimum Gasteiger partial charge on any atom is -0.369 e. The van der Waals surface area contributed by atoms with Gasteiger partial charge in [-0.15, -0.1) is 0 Å². The van der Waals surface area contributed by atoms with Crippen LogP contribution in [0.2, 0.25) is 0 Å². The highest BCUT2D eigenvalue weighted by molar-refractivity contribution is 5.82. The van der Waals surface area contributed by atoms with Crippen LogP contribution in [0.1, 0.15) is 13.8 Å². The minimum absolute atomic E-state index is 0.0107. The summed E-state index contributed by atoms with van der Waals surface area (Å²) >= 11 is 0. The zero-order valence-electron chi connectivity index (χ0n) is 14.7. The highest BCUT2D eigenvalue weighted by Gasteiger charge is 2.30. The summed E-state index contributed by atoms with van der Waals surface area (Å²) in [6, 6.07) is 0. The molecule has 136 valence electrons. The second-order valence-corrected chi connectivity index (χ2v) is 6.61. The van der Waals surface area contributed by atoms with Crippen molar-refractivity contribution in [3.05, 3.63) is 0 Å². The Bertz CT molecular complexity index is 476. The van der Waals surface area contributed by atoms with Crippen LogP contribution in [-0.2, 0) is 14.4 Å². The number of primary amides is 1. The Balaban J connectivity index is 1.93. The maximum absolute atomic E-state index is 12.6. The van der Waals surface area contributed by atoms with Crippen LogP contribution in [-0.4, -0.2) is 103 Å². The molecule has 0 spiro atoms. The van der Waals surface area contributed by atoms with Crippen molar-refractivity contribution in [1.29, 1.82) is 0 Å². The summed E-state index contributed by atoms with van der Waals surface area (Å²) in [7, 11) is 0. The van der Waals surface area contributed by atoms with Crippen molar-refractivity contribution < 1.29 is 14.4 Å². The first-order valence-corrected chi connectivity index (χ1v) is 8.68. The van der Waals surface area contributed by atoms with Crippen molar-refractivity contribution in [3.63, 3.8) is 0 Å². The molecule has 1 unspecified atom stereocenters. The molecule has 0 saturated carbocycles. The lowest BCUT2D eigenvalue weighted by Gasteiger charge is -2.34. The molecule has 0 bridgehead atoms. The molecule has 0 aliphatic carbocycles. The van der Waals surface area contributed by atoms with E-state index in [9.17, 15) is 14.4 Å². The molecule has 0 aromatic rings. The fraction of sp³-hybridized carbons (Fsp3) is 0.812. The van der Waals surface area contributed by atoms with Gasteiger partial charge in [0.05, 0.1) is 12.5 Å². The van der Waals surface area contributed by atoms with E-state index < -0.39 is 11.8 Å². The lowest BCUT2D eigenvalue weighted by atomic mass is 10.1. The van der Waals surface area contributed by atoms with E-state index in [0.29, 0.717) is 32.7 Å². The number of carbonyl (C=O) groups excluding carboxylic acids is 3. The number of hydrogen-bond donors (Lipinski definition) is 1. The summed E-state index contributed by atoms with van der Waals surface area (Å²) in [5, 5.41) is 0. The van der Waals surface area contributed by atoms with Crippen LogP contribution in [0.5, 0.6) is 0 Å². The molecule has 2 aliphatic heterocycles. The zero-order chi connectivity index (χ0) is 17.7. The summed E-state index contributed by atoms with van der Waals surface area (Å²) in [5.41, 5.74) is 5.45. The maximum atomic E-state index is 12.6. The van der Waals surface area contributed by atoms with Gasteiger partial charge >= 0.3 is 0 Å². The van der Waals surface area contributed by atoms with Gasteiger partial charge in [-0.1, -0.05) is 6.92 Å². The Morgan fingerprint density at radius 1 is 0.917 bits per heavy atom. The first-order valence-electron chi connectivity index (χ1n) is 8.68. The van der Waals surface area contributed by atoms with Crippen molar-refractivity contribution in [2.24, 2.45) is 11.7 Å². The molecule has 8 heteroatoms. The van der Waals surface area contributed by atoms with Crippen molar-refractivity contribution >= 4 is 17.7 Å². The smallest absolute Gasteiger partial charge is 0.236 e. The molecule has 24 heavy (non-hydrogen) atoms. The standard InChI is InChI=1S/C16H29N5O3/c1-3-18-4-6-19(7-5-18)12-15(23)21-9-8-20(13(2)22)10-14(11-21)16(17)24/h14H,3-12H2,1-2H3,(H2,17,24). The molecule has 8 nitrogen and oxygen atoms in total. The number of hydrogen-bond acceptors (Lipinski definition) is 5. The van der Waals surface area contributed by atoms with Gasteiger partial charge in [0, 0.05) is 59.3 Å². The number of nitrogens with zero attached hydrogens (tertiary/aromatic N) is 4. The molecule has 2 N–H and O–H groups in total. The molecule has 0 aromatic heterocycles. The first kappa shape index (κ1) is 18.7. The second-order valence-electron chi connectivity index (χ2n) is 6.61. The predicted molar refractivity (Wildman–Crippen MR) is 90.1 cm³/mol. The summed E-state index contributed by atoms with van der Waals surface area (Å²) in [4.78, 5) is 43.7. The quantitative estimate of drug-likeness (QED) is 0.667. The van der Waals surface area contributed by atoms with E-state index in [0.717, 1.165) is 32.7 Å². The van der Waals surface area contributed by atoms with Crippen LogP contribution < -0.4 is 5.73 Å². The maximum Gasteiger partial charge on any atom is 0.236 e. The van der Waals surface area contributed by atoms with Gasteiger partial charge in [0.2, 0.25) is 17.7 Å². The average Bonchev–Trinajstić information content (AvgIpc) is 2.79. The van der Waals surface area contributed by atoms with Gasteiger partial charge in [-0.05, 0) is 6.54 Å². The van der Waals surface area contributed by atoms with E-state index in [2.05, 4.69) is 16.7 Å². The molecule has 0 aromatic carbocycles. The Hall–Kier alpha value is -1.67. The number of amides is 3. The molecule has 2 fully saturated rings. The van der Waals surface area contributed by atoms with E-state index in [1.807, 2.05) is 0 Å². The molecule has 0 radical (unpaired) electrons. The van der Waals surface area contributed by atoms with Gasteiger partial charge in [0.15, 0.2) is 0 Å². The SMILES string of the molecule is CCN1CCN(CC(=O)N2CCN(C(C)=O)CC(C(N)=O)C2)CC1. The minimum atomic E-state index is -0.503. The molecule has 2 heterocycles. The van der Waals surface area contributed by atoms with Crippen molar-refractivity contribution in [2.75, 3.05) is 65.4 Å². The zero-order valence-corrected chi connectivity index (χ0v) is 14.7. The second kappa shape index (κ2) is 8.43. The van der Waals surface area contributed by atoms with E-state index in [4.69, 9.17) is 5.73 Å². The van der Waals surface area contributed by atoms with Crippen molar-refractivity contribution in [3.8, 4) is 0 Å². The summed E-state index contributed by atoms with van der Waals surface area (Å²) in [5.74, 6) is -1.04. The van der Waals surface area contributed by atoms with Crippen LogP contribution >= 0.6 is 0 Å². The lowest BCUT2D eigenvalue weighted by molar-refractivity contribution is -0.134. The van der Waals surface area contributed by atoms with E-state index in [1.165, 1.54) is 6.92 Å². The monoisotopic (exact) mass is 339 g/mol. The van der Waals surface area contributed by atoms with Gasteiger partial charge in [-0.2, -0.15) is 0 Å². The third kappa shape index (κ3) is 4.91. The molecular weight excluding hydrogens is 310 g/mol. The molecule has 1 atom stereocenters. The predicted octanol–water partition coefficient (Wildman–Crippen LogP) is -1.58. The number of likely N-dealkylation sites (N-methyl/N-ethyl adjacent to an activating group) is 1. The Kier molecular flexibility index (Phi) is 6.56. The van der Waals surface area contributed by atoms with Gasteiger partial charge in [0.1, 0.15) is 0 Å². The molecule has 2 aliphatic rings. The number of piperazine rings is 1. The Morgan fingerprint density at radius 3 is 2.00 bits per heavy atom. The van der Waals surface area contributed by atoms with E-state index in [-0.39, 0.29) is 11.8 Å². The Morgan fingerprint density at radius 2 is 1.46 bits per heavy atom. The van der Waals surface area contributed by atoms with Crippen molar-refractivity contribution in [1.82, 2.24) is 19.6 Å². The van der Waals surface area contributed by atoms with Crippen molar-refractivity contribution in [2.45, 2.75) is 13.8 Å².